The maximum atomic E-state index is 13.2. The molecule has 0 radical (unpaired) electrons. The summed E-state index contributed by atoms with van der Waals surface area (Å²) in [6.45, 7) is 3.25. The fraction of sp³-hybridized carbons (Fsp3) is 0.375. The zero-order chi connectivity index (χ0) is 30.0. The second-order valence-electron chi connectivity index (χ2n) is 11.4. The van der Waals surface area contributed by atoms with E-state index in [1.54, 1.807) is 36.5 Å². The van der Waals surface area contributed by atoms with Gasteiger partial charge in [-0.05, 0) is 98.7 Å². The summed E-state index contributed by atoms with van der Waals surface area (Å²) in [4.78, 5) is 32.5. The van der Waals surface area contributed by atoms with E-state index in [0.29, 0.717) is 35.9 Å². The van der Waals surface area contributed by atoms with E-state index in [0.717, 1.165) is 42.9 Å². The Labute approximate surface area is 250 Å². The molecule has 11 heteroatoms. The SMILES string of the molecule is CCN(CC1CCc2cc(NS(=O)(=O)c3ccc(-n4cc(CCC5CCC5)[nH]c4=O)cc3)ccc2O1)c1ccc[nH]c1=O. The van der Waals surface area contributed by atoms with Gasteiger partial charge in [0.2, 0.25) is 0 Å². The molecule has 1 unspecified atom stereocenters. The van der Waals surface area contributed by atoms with Gasteiger partial charge in [0, 0.05) is 30.3 Å². The zero-order valence-corrected chi connectivity index (χ0v) is 25.0. The number of nitrogens with one attached hydrogen (secondary N) is 3. The molecule has 2 aromatic heterocycles. The number of likely N-dealkylation sites (N-methyl/N-ethyl adjacent to an activating group) is 1. The van der Waals surface area contributed by atoms with Gasteiger partial charge in [-0.25, -0.2) is 13.2 Å². The highest BCUT2D eigenvalue weighted by Crippen LogP contribution is 2.32. The Bertz CT molecular complexity index is 1800. The number of hydrogen-bond donors (Lipinski definition) is 3. The second-order valence-corrected chi connectivity index (χ2v) is 13.1. The Hall–Kier alpha value is -4.25. The number of H-pyrrole nitrogens is 2. The molecule has 1 aliphatic carbocycles. The van der Waals surface area contributed by atoms with Gasteiger partial charge in [-0.3, -0.25) is 14.1 Å². The van der Waals surface area contributed by atoms with Crippen LogP contribution in [0.5, 0.6) is 5.75 Å². The van der Waals surface area contributed by atoms with Crippen LogP contribution >= 0.6 is 0 Å². The molecule has 43 heavy (non-hydrogen) atoms. The van der Waals surface area contributed by atoms with E-state index in [2.05, 4.69) is 14.7 Å². The van der Waals surface area contributed by atoms with Crippen LogP contribution in [0.4, 0.5) is 11.4 Å². The number of anilines is 2. The summed E-state index contributed by atoms with van der Waals surface area (Å²) in [6, 6.07) is 15.2. The normalized spacial score (nSPS) is 16.6. The highest BCUT2D eigenvalue weighted by Gasteiger charge is 2.24. The first-order valence-corrected chi connectivity index (χ1v) is 16.4. The van der Waals surface area contributed by atoms with Crippen molar-refractivity contribution >= 4 is 21.4 Å². The second kappa shape index (κ2) is 12.2. The van der Waals surface area contributed by atoms with Gasteiger partial charge in [-0.15, -0.1) is 0 Å². The first-order valence-electron chi connectivity index (χ1n) is 14.9. The van der Waals surface area contributed by atoms with Crippen molar-refractivity contribution in [1.29, 1.82) is 0 Å². The van der Waals surface area contributed by atoms with E-state index < -0.39 is 10.0 Å². The molecule has 226 valence electrons. The number of fused-ring (bicyclic) bond motifs is 1. The average molecular weight is 604 g/mol. The largest absolute Gasteiger partial charge is 0.488 e. The minimum atomic E-state index is -3.85. The maximum Gasteiger partial charge on any atom is 0.330 e. The number of aromatic amines is 2. The van der Waals surface area contributed by atoms with Crippen LogP contribution in [-0.2, 0) is 22.9 Å². The van der Waals surface area contributed by atoms with Crippen LogP contribution in [0.3, 0.4) is 0 Å². The predicted octanol–water partition coefficient (Wildman–Crippen LogP) is 4.61. The molecule has 0 saturated heterocycles. The number of benzene rings is 2. The Kier molecular flexibility index (Phi) is 8.16. The zero-order valence-electron chi connectivity index (χ0n) is 24.2. The van der Waals surface area contributed by atoms with Gasteiger partial charge in [0.05, 0.1) is 17.1 Å². The van der Waals surface area contributed by atoms with Crippen molar-refractivity contribution in [3.63, 3.8) is 0 Å². The first kappa shape index (κ1) is 28.9. The molecule has 6 rings (SSSR count). The van der Waals surface area contributed by atoms with Crippen molar-refractivity contribution < 1.29 is 13.2 Å². The lowest BCUT2D eigenvalue weighted by Crippen LogP contribution is -2.39. The molecular formula is C32H37N5O5S. The summed E-state index contributed by atoms with van der Waals surface area (Å²) in [5.74, 6) is 1.47. The Morgan fingerprint density at radius 1 is 1.07 bits per heavy atom. The molecule has 0 amide bonds. The number of nitrogens with zero attached hydrogens (tertiary/aromatic N) is 2. The number of ether oxygens (including phenoxy) is 1. The average Bonchev–Trinajstić information content (AvgIpc) is 3.35. The van der Waals surface area contributed by atoms with E-state index in [1.165, 1.54) is 36.0 Å². The summed E-state index contributed by atoms with van der Waals surface area (Å²) < 4.78 is 36.8. The van der Waals surface area contributed by atoms with Gasteiger partial charge in [0.25, 0.3) is 15.6 Å². The van der Waals surface area contributed by atoms with Crippen LogP contribution in [0, 0.1) is 5.92 Å². The molecule has 0 spiro atoms. The molecule has 4 aromatic rings. The smallest absolute Gasteiger partial charge is 0.330 e. The Morgan fingerprint density at radius 2 is 1.88 bits per heavy atom. The molecule has 1 saturated carbocycles. The van der Waals surface area contributed by atoms with Gasteiger partial charge >= 0.3 is 5.69 Å². The minimum Gasteiger partial charge on any atom is -0.488 e. The van der Waals surface area contributed by atoms with E-state index >= 15 is 0 Å². The number of aromatic nitrogens is 3. The third-order valence-corrected chi connectivity index (χ3v) is 9.93. The first-order chi connectivity index (χ1) is 20.8. The van der Waals surface area contributed by atoms with Gasteiger partial charge in [-0.1, -0.05) is 19.3 Å². The monoisotopic (exact) mass is 603 g/mol. The van der Waals surface area contributed by atoms with Gasteiger partial charge < -0.3 is 19.6 Å². The van der Waals surface area contributed by atoms with Crippen molar-refractivity contribution in [3.8, 4) is 11.4 Å². The summed E-state index contributed by atoms with van der Waals surface area (Å²) in [6.07, 6.45) is 10.5. The molecule has 3 N–H and O–H groups in total. The molecular weight excluding hydrogens is 566 g/mol. The third kappa shape index (κ3) is 6.41. The third-order valence-electron chi connectivity index (χ3n) is 8.53. The summed E-state index contributed by atoms with van der Waals surface area (Å²) in [7, 11) is -3.85. The fourth-order valence-corrected chi connectivity index (χ4v) is 6.90. The summed E-state index contributed by atoms with van der Waals surface area (Å²) in [5, 5.41) is 0. The molecule has 3 heterocycles. The van der Waals surface area contributed by atoms with Crippen molar-refractivity contribution in [2.45, 2.75) is 62.9 Å². The van der Waals surface area contributed by atoms with E-state index in [4.69, 9.17) is 4.74 Å². The molecule has 0 bridgehead atoms. The van der Waals surface area contributed by atoms with Crippen LogP contribution in [0.25, 0.3) is 5.69 Å². The van der Waals surface area contributed by atoms with Gasteiger partial charge in [-0.2, -0.15) is 0 Å². The standard InChI is InChI=1S/C32H37N5O5S/c1-2-36(29-7-4-18-33-31(29)38)21-27-14-9-23-19-24(11-17-30(23)42-27)35-43(40,41)28-15-12-26(13-16-28)37-20-25(34-32(37)39)10-8-22-5-3-6-22/h4,7,11-13,15-20,22,27,35H,2-3,5-6,8-10,14,21H2,1H3,(H,33,38)(H,34,39). The number of sulfonamides is 1. The summed E-state index contributed by atoms with van der Waals surface area (Å²) in [5.41, 5.74) is 3.13. The Balaban J connectivity index is 1.09. The van der Waals surface area contributed by atoms with Crippen molar-refractivity contribution in [3.05, 3.63) is 99.1 Å². The van der Waals surface area contributed by atoms with E-state index in [9.17, 15) is 18.0 Å². The van der Waals surface area contributed by atoms with Crippen LogP contribution in [0.1, 0.15) is 50.3 Å². The van der Waals surface area contributed by atoms with Crippen molar-refractivity contribution in [1.82, 2.24) is 14.5 Å². The lowest BCUT2D eigenvalue weighted by atomic mass is 9.82. The fourth-order valence-electron chi connectivity index (χ4n) is 5.85. The minimum absolute atomic E-state index is 0.0977. The van der Waals surface area contributed by atoms with Crippen LogP contribution in [-0.4, -0.2) is 42.1 Å². The van der Waals surface area contributed by atoms with Crippen molar-refractivity contribution in [2.24, 2.45) is 5.92 Å². The highest BCUT2D eigenvalue weighted by atomic mass is 32.2. The quantitative estimate of drug-likeness (QED) is 0.230. The van der Waals surface area contributed by atoms with Gasteiger partial charge in [0.1, 0.15) is 17.5 Å². The van der Waals surface area contributed by atoms with Gasteiger partial charge in [0.15, 0.2) is 0 Å². The molecule has 1 aliphatic heterocycles. The van der Waals surface area contributed by atoms with Crippen LogP contribution in [0.15, 0.2) is 81.5 Å². The number of rotatable bonds is 11. The molecule has 2 aliphatic rings. The number of hydrogen-bond acceptors (Lipinski definition) is 6. The molecule has 1 fully saturated rings. The van der Waals surface area contributed by atoms with Crippen molar-refractivity contribution in [2.75, 3.05) is 22.7 Å². The molecule has 10 nitrogen and oxygen atoms in total. The number of aryl methyl sites for hydroxylation is 2. The predicted molar refractivity (Wildman–Crippen MR) is 167 cm³/mol. The lowest BCUT2D eigenvalue weighted by Gasteiger charge is -2.31. The van der Waals surface area contributed by atoms with Crippen LogP contribution < -0.4 is 25.6 Å². The van der Waals surface area contributed by atoms with E-state index in [-0.39, 0.29) is 22.2 Å². The molecule has 1 atom stereocenters. The number of pyridine rings is 1. The van der Waals surface area contributed by atoms with Crippen LogP contribution in [0.2, 0.25) is 0 Å². The number of imidazole rings is 1. The lowest BCUT2D eigenvalue weighted by molar-refractivity contribution is 0.178. The maximum absolute atomic E-state index is 13.2. The highest BCUT2D eigenvalue weighted by molar-refractivity contribution is 7.92. The summed E-state index contributed by atoms with van der Waals surface area (Å²) >= 11 is 0. The Morgan fingerprint density at radius 3 is 2.60 bits per heavy atom. The molecule has 2 aromatic carbocycles. The van der Waals surface area contributed by atoms with E-state index in [1.807, 2.05) is 30.2 Å². The topological polar surface area (TPSA) is 129 Å².